The molecule has 1 fully saturated rings. The van der Waals surface area contributed by atoms with Crippen LogP contribution in [0.4, 0.5) is 5.69 Å². The average Bonchev–Trinajstić information content (AvgIpc) is 2.90. The summed E-state index contributed by atoms with van der Waals surface area (Å²) < 4.78 is 12.4. The van der Waals surface area contributed by atoms with Crippen LogP contribution in [0.5, 0.6) is 0 Å². The number of aromatic amines is 1. The van der Waals surface area contributed by atoms with Crippen LogP contribution in [0.15, 0.2) is 23.4 Å². The van der Waals surface area contributed by atoms with E-state index in [2.05, 4.69) is 15.3 Å². The molecule has 1 aliphatic rings. The van der Waals surface area contributed by atoms with Crippen molar-refractivity contribution < 1.29 is 9.13 Å². The molecule has 2 N–H and O–H groups in total. The molecular formula is C12H14N4O3S. The summed E-state index contributed by atoms with van der Waals surface area (Å²) in [4.78, 5) is 17.5. The molecular weight excluding hydrogens is 280 g/mol. The molecule has 8 heteroatoms. The van der Waals surface area contributed by atoms with Crippen molar-refractivity contribution in [2.24, 2.45) is 0 Å². The van der Waals surface area contributed by atoms with Gasteiger partial charge in [0.15, 0.2) is 5.16 Å². The van der Waals surface area contributed by atoms with Crippen LogP contribution >= 0.6 is 0 Å². The molecule has 0 saturated carbocycles. The van der Waals surface area contributed by atoms with Crippen molar-refractivity contribution in [1.29, 1.82) is 0 Å². The van der Waals surface area contributed by atoms with Gasteiger partial charge in [-0.25, -0.2) is 4.98 Å². The summed E-state index contributed by atoms with van der Waals surface area (Å²) in [6, 6.07) is 4.39. The first-order valence-corrected chi connectivity index (χ1v) is 7.62. The largest absolute Gasteiger partial charge is 0.331 e. The molecule has 1 aliphatic heterocycles. The van der Waals surface area contributed by atoms with E-state index in [0.717, 1.165) is 19.4 Å². The Morgan fingerprint density at radius 3 is 3.00 bits per heavy atom. The highest BCUT2D eigenvalue weighted by molar-refractivity contribution is 7.85. The molecule has 3 rings (SSSR count). The summed E-state index contributed by atoms with van der Waals surface area (Å²) in [7, 11) is -1.22. The van der Waals surface area contributed by atoms with Crippen molar-refractivity contribution in [2.45, 2.75) is 23.2 Å². The molecule has 2 heterocycles. The third-order valence-electron chi connectivity index (χ3n) is 3.40. The number of imidazole rings is 1. The van der Waals surface area contributed by atoms with E-state index in [0.29, 0.717) is 22.7 Å². The minimum atomic E-state index is -1.22. The normalized spacial score (nSPS) is 20.9. The standard InChI is InChI=1S/C12H14N4O3S/c17-16(18)8-3-4-10-11(6-8)15-12(14-10)20(19)9-2-1-5-13-7-9/h3-4,6,9,13H,1-2,5,7H2,(H,14,15)/t9-,20+/m1/s1. The molecule has 0 amide bonds. The minimum Gasteiger partial charge on any atom is -0.331 e. The summed E-state index contributed by atoms with van der Waals surface area (Å²) in [5, 5.41) is 14.4. The lowest BCUT2D eigenvalue weighted by Gasteiger charge is -2.20. The Morgan fingerprint density at radius 1 is 1.45 bits per heavy atom. The fourth-order valence-corrected chi connectivity index (χ4v) is 3.71. The maximum Gasteiger partial charge on any atom is 0.271 e. The van der Waals surface area contributed by atoms with Gasteiger partial charge in [0.05, 0.1) is 32.0 Å². The highest BCUT2D eigenvalue weighted by atomic mass is 32.2. The number of nitrogens with one attached hydrogen (secondary N) is 2. The van der Waals surface area contributed by atoms with Crippen molar-refractivity contribution in [3.63, 3.8) is 0 Å². The van der Waals surface area contributed by atoms with Crippen molar-refractivity contribution in [3.8, 4) is 0 Å². The minimum absolute atomic E-state index is 0.00202. The Bertz CT molecular complexity index is 678. The Kier molecular flexibility index (Phi) is 3.49. The number of rotatable bonds is 3. The zero-order valence-corrected chi connectivity index (χ0v) is 11.5. The number of nitrogens with zero attached hydrogens (tertiary/aromatic N) is 2. The maximum absolute atomic E-state index is 12.4. The second-order valence-electron chi connectivity index (χ2n) is 4.77. The SMILES string of the molecule is O=[N+]([O-])c1ccc2nc([S@@](=O)[C@@H]3CCCNC3)[nH]c2c1. The number of H-pyrrole nitrogens is 1. The summed E-state index contributed by atoms with van der Waals surface area (Å²) in [5.74, 6) is 0. The van der Waals surface area contributed by atoms with Crippen LogP contribution in [-0.2, 0) is 10.8 Å². The third kappa shape index (κ3) is 2.44. The Morgan fingerprint density at radius 2 is 2.30 bits per heavy atom. The van der Waals surface area contributed by atoms with E-state index in [-0.39, 0.29) is 10.9 Å². The van der Waals surface area contributed by atoms with Gasteiger partial charge in [-0.2, -0.15) is 0 Å². The van der Waals surface area contributed by atoms with Gasteiger partial charge in [0.25, 0.3) is 5.69 Å². The van der Waals surface area contributed by atoms with Crippen LogP contribution in [-0.4, -0.2) is 37.4 Å². The van der Waals surface area contributed by atoms with E-state index >= 15 is 0 Å². The van der Waals surface area contributed by atoms with Gasteiger partial charge in [-0.3, -0.25) is 14.3 Å². The zero-order valence-electron chi connectivity index (χ0n) is 10.7. The third-order valence-corrected chi connectivity index (χ3v) is 4.98. The van der Waals surface area contributed by atoms with Gasteiger partial charge in [0.1, 0.15) is 0 Å². The molecule has 20 heavy (non-hydrogen) atoms. The van der Waals surface area contributed by atoms with Crippen LogP contribution in [0.25, 0.3) is 11.0 Å². The number of hydrogen-bond donors (Lipinski definition) is 2. The van der Waals surface area contributed by atoms with Crippen LogP contribution in [0.2, 0.25) is 0 Å². The predicted octanol–water partition coefficient (Wildman–Crippen LogP) is 1.33. The summed E-state index contributed by atoms with van der Waals surface area (Å²) >= 11 is 0. The van der Waals surface area contributed by atoms with Crippen molar-refractivity contribution in [1.82, 2.24) is 15.3 Å². The van der Waals surface area contributed by atoms with Crippen molar-refractivity contribution in [2.75, 3.05) is 13.1 Å². The molecule has 1 aromatic heterocycles. The maximum atomic E-state index is 12.4. The van der Waals surface area contributed by atoms with Gasteiger partial charge in [-0.15, -0.1) is 0 Å². The fraction of sp³-hybridized carbons (Fsp3) is 0.417. The highest BCUT2D eigenvalue weighted by Crippen LogP contribution is 2.22. The van der Waals surface area contributed by atoms with Gasteiger partial charge in [-0.05, 0) is 25.5 Å². The lowest BCUT2D eigenvalue weighted by molar-refractivity contribution is -0.384. The topological polar surface area (TPSA) is 101 Å². The van der Waals surface area contributed by atoms with Crippen LogP contribution in [0.1, 0.15) is 12.8 Å². The van der Waals surface area contributed by atoms with Crippen LogP contribution < -0.4 is 5.32 Å². The lowest BCUT2D eigenvalue weighted by atomic mass is 10.2. The van der Waals surface area contributed by atoms with E-state index < -0.39 is 15.7 Å². The van der Waals surface area contributed by atoms with E-state index in [4.69, 9.17) is 0 Å². The van der Waals surface area contributed by atoms with Gasteiger partial charge < -0.3 is 10.3 Å². The summed E-state index contributed by atoms with van der Waals surface area (Å²) in [6.07, 6.45) is 1.90. The lowest BCUT2D eigenvalue weighted by Crippen LogP contribution is -2.36. The second-order valence-corrected chi connectivity index (χ2v) is 6.41. The van der Waals surface area contributed by atoms with Crippen molar-refractivity contribution in [3.05, 3.63) is 28.3 Å². The number of nitro benzene ring substituents is 1. The quantitative estimate of drug-likeness (QED) is 0.657. The number of benzene rings is 1. The van der Waals surface area contributed by atoms with E-state index in [9.17, 15) is 14.3 Å². The smallest absolute Gasteiger partial charge is 0.271 e. The molecule has 2 atom stereocenters. The number of hydrogen-bond acceptors (Lipinski definition) is 5. The molecule has 106 valence electrons. The second kappa shape index (κ2) is 5.29. The van der Waals surface area contributed by atoms with Crippen LogP contribution in [0, 0.1) is 10.1 Å². The molecule has 0 spiro atoms. The van der Waals surface area contributed by atoms with Crippen molar-refractivity contribution >= 4 is 27.5 Å². The number of nitro groups is 1. The summed E-state index contributed by atoms with van der Waals surface area (Å²) in [6.45, 7) is 1.67. The summed E-state index contributed by atoms with van der Waals surface area (Å²) in [5.41, 5.74) is 1.15. The predicted molar refractivity (Wildman–Crippen MR) is 75.0 cm³/mol. The Labute approximate surface area is 117 Å². The average molecular weight is 294 g/mol. The van der Waals surface area contributed by atoms with Gasteiger partial charge >= 0.3 is 0 Å². The molecule has 2 aromatic rings. The van der Waals surface area contributed by atoms with E-state index in [1.54, 1.807) is 6.07 Å². The highest BCUT2D eigenvalue weighted by Gasteiger charge is 2.23. The number of non-ortho nitro benzene ring substituents is 1. The number of fused-ring (bicyclic) bond motifs is 1. The van der Waals surface area contributed by atoms with Gasteiger partial charge in [-0.1, -0.05) is 0 Å². The number of aromatic nitrogens is 2. The molecule has 7 nitrogen and oxygen atoms in total. The first-order valence-electron chi connectivity index (χ1n) is 6.40. The zero-order chi connectivity index (χ0) is 14.1. The monoisotopic (exact) mass is 294 g/mol. The molecule has 0 radical (unpaired) electrons. The van der Waals surface area contributed by atoms with Gasteiger partial charge in [0.2, 0.25) is 0 Å². The van der Waals surface area contributed by atoms with Crippen LogP contribution in [0.3, 0.4) is 0 Å². The molecule has 1 saturated heterocycles. The fourth-order valence-electron chi connectivity index (χ4n) is 2.34. The molecule has 0 unspecified atom stereocenters. The van der Waals surface area contributed by atoms with E-state index in [1.165, 1.54) is 12.1 Å². The number of piperidine rings is 1. The van der Waals surface area contributed by atoms with E-state index in [1.807, 2.05) is 0 Å². The van der Waals surface area contributed by atoms with Gasteiger partial charge in [0, 0.05) is 18.7 Å². The first-order chi connectivity index (χ1) is 9.65. The molecule has 1 aromatic carbocycles. The molecule has 0 bridgehead atoms. The molecule has 0 aliphatic carbocycles. The first kappa shape index (κ1) is 13.2. The Hall–Kier alpha value is -1.80. The Balaban J connectivity index is 1.92.